The van der Waals surface area contributed by atoms with Gasteiger partial charge >= 0.3 is 0 Å². The second kappa shape index (κ2) is 7.13. The smallest absolute Gasteiger partial charge is 0.164 e. The molecule has 0 unspecified atom stereocenters. The molecular formula is C26H30N6O2. The van der Waals surface area contributed by atoms with Crippen LogP contribution in [0.15, 0.2) is 53.4 Å². The number of aromatic nitrogens is 3. The van der Waals surface area contributed by atoms with E-state index in [9.17, 15) is 0 Å². The number of ether oxygens (including phenoxy) is 2. The summed E-state index contributed by atoms with van der Waals surface area (Å²) in [6.45, 7) is 8.17. The molecule has 1 fully saturated rings. The summed E-state index contributed by atoms with van der Waals surface area (Å²) in [4.78, 5) is 13.2. The number of benzene rings is 1. The van der Waals surface area contributed by atoms with E-state index in [0.29, 0.717) is 11.7 Å². The number of rotatable bonds is 4. The van der Waals surface area contributed by atoms with Crippen LogP contribution in [0.1, 0.15) is 51.3 Å². The van der Waals surface area contributed by atoms with E-state index < -0.39 is 5.79 Å². The van der Waals surface area contributed by atoms with Crippen LogP contribution in [-0.4, -0.2) is 38.4 Å². The number of hydrogen-bond donors (Lipinski definition) is 2. The van der Waals surface area contributed by atoms with Gasteiger partial charge in [0.05, 0.1) is 17.1 Å². The summed E-state index contributed by atoms with van der Waals surface area (Å²) in [5.41, 5.74) is 17.5. The Labute approximate surface area is 198 Å². The van der Waals surface area contributed by atoms with Crippen molar-refractivity contribution in [3.63, 3.8) is 0 Å². The molecule has 8 heteroatoms. The van der Waals surface area contributed by atoms with Crippen molar-refractivity contribution in [1.82, 2.24) is 14.5 Å². The zero-order valence-corrected chi connectivity index (χ0v) is 19.9. The predicted octanol–water partition coefficient (Wildman–Crippen LogP) is 3.93. The van der Waals surface area contributed by atoms with Crippen LogP contribution in [0, 0.1) is 0 Å². The van der Waals surface area contributed by atoms with Gasteiger partial charge in [0.1, 0.15) is 35.8 Å². The largest absolute Gasteiger partial charge is 0.386 e. The average molecular weight is 459 g/mol. The summed E-state index contributed by atoms with van der Waals surface area (Å²) >= 11 is 0. The van der Waals surface area contributed by atoms with E-state index in [1.54, 1.807) is 0 Å². The summed E-state index contributed by atoms with van der Waals surface area (Å²) in [6.07, 6.45) is 7.32. The minimum absolute atomic E-state index is 0.0289. The lowest BCUT2D eigenvalue weighted by Crippen LogP contribution is -2.32. The molecule has 176 valence electrons. The zero-order valence-electron chi connectivity index (χ0n) is 19.9. The van der Waals surface area contributed by atoms with Crippen molar-refractivity contribution in [2.45, 2.75) is 70.0 Å². The first-order valence-electron chi connectivity index (χ1n) is 11.8. The highest BCUT2D eigenvalue weighted by Crippen LogP contribution is 2.46. The Bertz CT molecular complexity index is 1370. The molecule has 1 aliphatic carbocycles. The van der Waals surface area contributed by atoms with E-state index in [2.05, 4.69) is 57.7 Å². The molecule has 3 aliphatic rings. The van der Waals surface area contributed by atoms with E-state index in [0.717, 1.165) is 29.6 Å². The molecule has 4 N–H and O–H groups in total. The number of nitrogen functional groups attached to an aromatic ring is 1. The first-order chi connectivity index (χ1) is 16.1. The zero-order chi connectivity index (χ0) is 23.8. The number of nitrogens with zero attached hydrogens (tertiary/aromatic N) is 4. The number of fused-ring (bicyclic) bond motifs is 3. The highest BCUT2D eigenvalue weighted by Gasteiger charge is 2.50. The van der Waals surface area contributed by atoms with E-state index in [1.165, 1.54) is 23.0 Å². The third-order valence-corrected chi connectivity index (χ3v) is 7.40. The SMILES string of the molecule is CC1(C)O[C@@H]2[C@H](O1)C(CCc1ccc3c(c1)N=C(N)C3(C)C)=C[C@H]2n1ccc2c(N)ncnc21. The van der Waals surface area contributed by atoms with Crippen molar-refractivity contribution in [2.24, 2.45) is 10.7 Å². The van der Waals surface area contributed by atoms with Gasteiger partial charge in [-0.3, -0.25) is 0 Å². The summed E-state index contributed by atoms with van der Waals surface area (Å²) in [5, 5.41) is 0.847. The van der Waals surface area contributed by atoms with Crippen LogP contribution in [0.3, 0.4) is 0 Å². The van der Waals surface area contributed by atoms with Gasteiger partial charge in [0.2, 0.25) is 0 Å². The molecule has 6 rings (SSSR count). The highest BCUT2D eigenvalue weighted by molar-refractivity contribution is 5.98. The minimum atomic E-state index is -0.643. The van der Waals surface area contributed by atoms with Crippen LogP contribution in [0.4, 0.5) is 11.5 Å². The van der Waals surface area contributed by atoms with E-state index in [4.69, 9.17) is 20.9 Å². The third-order valence-electron chi connectivity index (χ3n) is 7.40. The van der Waals surface area contributed by atoms with Crippen molar-refractivity contribution >= 4 is 28.4 Å². The van der Waals surface area contributed by atoms with Crippen molar-refractivity contribution in [3.8, 4) is 0 Å². The molecular weight excluding hydrogens is 428 g/mol. The first-order valence-corrected chi connectivity index (χ1v) is 11.8. The Morgan fingerprint density at radius 1 is 1.03 bits per heavy atom. The normalized spacial score (nSPS) is 26.4. The third kappa shape index (κ3) is 3.16. The van der Waals surface area contributed by atoms with Gasteiger partial charge in [-0.1, -0.05) is 18.2 Å². The van der Waals surface area contributed by atoms with Gasteiger partial charge in [-0.05, 0) is 69.4 Å². The number of anilines is 1. The maximum Gasteiger partial charge on any atom is 0.164 e. The van der Waals surface area contributed by atoms with Gasteiger partial charge in [-0.2, -0.15) is 0 Å². The quantitative estimate of drug-likeness (QED) is 0.573. The Morgan fingerprint density at radius 2 is 1.85 bits per heavy atom. The lowest BCUT2D eigenvalue weighted by atomic mass is 9.84. The molecule has 0 bridgehead atoms. The van der Waals surface area contributed by atoms with Gasteiger partial charge in [-0.25, -0.2) is 15.0 Å². The average Bonchev–Trinajstić information content (AvgIpc) is 3.48. The van der Waals surface area contributed by atoms with Crippen molar-refractivity contribution in [2.75, 3.05) is 5.73 Å². The number of aliphatic imine (C=N–C) groups is 1. The van der Waals surface area contributed by atoms with Gasteiger partial charge < -0.3 is 25.5 Å². The highest BCUT2D eigenvalue weighted by atomic mass is 16.8. The maximum absolute atomic E-state index is 6.36. The Balaban J connectivity index is 1.30. The monoisotopic (exact) mass is 458 g/mol. The van der Waals surface area contributed by atoms with Crippen LogP contribution < -0.4 is 11.5 Å². The van der Waals surface area contributed by atoms with Gasteiger partial charge in [0.15, 0.2) is 5.79 Å². The second-order valence-corrected chi connectivity index (χ2v) is 10.4. The molecule has 0 saturated carbocycles. The molecule has 3 aromatic rings. The molecule has 2 aliphatic heterocycles. The number of aryl methyl sites for hydroxylation is 1. The topological polar surface area (TPSA) is 114 Å². The van der Waals surface area contributed by atoms with Gasteiger partial charge in [0, 0.05) is 11.6 Å². The molecule has 1 saturated heterocycles. The summed E-state index contributed by atoms with van der Waals surface area (Å²) in [6, 6.07) is 8.45. The second-order valence-electron chi connectivity index (χ2n) is 10.4. The standard InChI is InChI=1S/C26H30N6O2/c1-25(2)17-8-6-14(11-18(17)31-24(25)28)5-7-15-12-19(21-20(15)33-26(3,4)34-21)32-10-9-16-22(27)29-13-30-23(16)32/h6,8-13,19-21H,5,7H2,1-4H3,(H2,28,31)(H2,27,29,30)/t19-,20-,21+/m1/s1. The van der Waals surface area contributed by atoms with Crippen LogP contribution in [-0.2, 0) is 21.3 Å². The molecule has 4 heterocycles. The Kier molecular flexibility index (Phi) is 4.47. The van der Waals surface area contributed by atoms with Crippen molar-refractivity contribution in [3.05, 3.63) is 59.6 Å². The maximum atomic E-state index is 6.36. The Morgan fingerprint density at radius 3 is 2.68 bits per heavy atom. The lowest BCUT2D eigenvalue weighted by Gasteiger charge is -2.22. The van der Waals surface area contributed by atoms with E-state index in [1.807, 2.05) is 26.1 Å². The summed E-state index contributed by atoms with van der Waals surface area (Å²) in [7, 11) is 0. The molecule has 1 aromatic carbocycles. The predicted molar refractivity (Wildman–Crippen MR) is 132 cm³/mol. The Hall–Kier alpha value is -3.23. The molecule has 0 radical (unpaired) electrons. The van der Waals surface area contributed by atoms with Gasteiger partial charge in [0.25, 0.3) is 0 Å². The fourth-order valence-electron chi connectivity index (χ4n) is 5.48. The first kappa shape index (κ1) is 21.3. The fourth-order valence-corrected chi connectivity index (χ4v) is 5.48. The fraction of sp³-hybridized carbons (Fsp3) is 0.423. The van der Waals surface area contributed by atoms with Gasteiger partial charge in [-0.15, -0.1) is 0 Å². The van der Waals surface area contributed by atoms with E-state index >= 15 is 0 Å². The summed E-state index contributed by atoms with van der Waals surface area (Å²) < 4.78 is 14.8. The van der Waals surface area contributed by atoms with Crippen LogP contribution in [0.2, 0.25) is 0 Å². The van der Waals surface area contributed by atoms with Crippen LogP contribution in [0.25, 0.3) is 11.0 Å². The molecule has 3 atom stereocenters. The molecule has 2 aromatic heterocycles. The minimum Gasteiger partial charge on any atom is -0.386 e. The van der Waals surface area contributed by atoms with E-state index in [-0.39, 0.29) is 23.7 Å². The van der Waals surface area contributed by atoms with Crippen LogP contribution in [0.5, 0.6) is 0 Å². The van der Waals surface area contributed by atoms with Crippen molar-refractivity contribution < 1.29 is 9.47 Å². The molecule has 34 heavy (non-hydrogen) atoms. The van der Waals surface area contributed by atoms with Crippen LogP contribution >= 0.6 is 0 Å². The lowest BCUT2D eigenvalue weighted by molar-refractivity contribution is -0.147. The number of hydrogen-bond acceptors (Lipinski definition) is 7. The number of nitrogens with two attached hydrogens (primary N) is 2. The number of amidine groups is 1. The molecule has 0 amide bonds. The summed E-state index contributed by atoms with van der Waals surface area (Å²) in [5.74, 6) is 0.510. The molecule has 0 spiro atoms. The van der Waals surface area contributed by atoms with Crippen molar-refractivity contribution in [1.29, 1.82) is 0 Å². The molecule has 8 nitrogen and oxygen atoms in total.